The zero-order valence-electron chi connectivity index (χ0n) is 14.6. The molecule has 2 N–H and O–H groups in total. The number of ether oxygens (including phenoxy) is 1. The topological polar surface area (TPSA) is 75.6 Å². The Balaban J connectivity index is 2.27. The van der Waals surface area contributed by atoms with Crippen molar-refractivity contribution in [3.05, 3.63) is 34.4 Å². The number of carboxylic acids is 1. The normalized spacial score (nSPS) is 23.3. The standard InChI is InChI=1S/C18H25NO4/c1-10-7-11(2)14(12(3)8-10)13-9-18(13,15(20)21)19-16(22)23-17(4,5)6/h7-8,13H,9H2,1-6H3,(H,19,22)(H,20,21). The van der Waals surface area contributed by atoms with Gasteiger partial charge in [-0.2, -0.15) is 0 Å². The van der Waals surface area contributed by atoms with Crippen LogP contribution in [0, 0.1) is 20.8 Å². The Bertz CT molecular complexity index is 636. The third-order valence-corrected chi connectivity index (χ3v) is 4.15. The molecule has 5 nitrogen and oxygen atoms in total. The minimum Gasteiger partial charge on any atom is -0.479 e. The predicted molar refractivity (Wildman–Crippen MR) is 87.7 cm³/mol. The highest BCUT2D eigenvalue weighted by Crippen LogP contribution is 2.53. The third kappa shape index (κ3) is 3.49. The Morgan fingerprint density at radius 2 is 1.74 bits per heavy atom. The van der Waals surface area contributed by atoms with E-state index in [0.29, 0.717) is 6.42 Å². The molecule has 2 unspecified atom stereocenters. The van der Waals surface area contributed by atoms with Crippen molar-refractivity contribution in [2.45, 2.75) is 65.0 Å². The third-order valence-electron chi connectivity index (χ3n) is 4.15. The number of benzene rings is 1. The van der Waals surface area contributed by atoms with E-state index in [1.807, 2.05) is 32.9 Å². The maximum absolute atomic E-state index is 12.0. The summed E-state index contributed by atoms with van der Waals surface area (Å²) in [5.41, 5.74) is 2.33. The van der Waals surface area contributed by atoms with E-state index in [-0.39, 0.29) is 5.92 Å². The zero-order chi connectivity index (χ0) is 17.6. The van der Waals surface area contributed by atoms with Gasteiger partial charge in [-0.15, -0.1) is 0 Å². The maximum atomic E-state index is 12.0. The van der Waals surface area contributed by atoms with Gasteiger partial charge in [-0.3, -0.25) is 0 Å². The molecule has 0 saturated heterocycles. The van der Waals surface area contributed by atoms with Crippen LogP contribution in [0.5, 0.6) is 0 Å². The number of nitrogens with one attached hydrogen (secondary N) is 1. The Hall–Kier alpha value is -2.04. The Labute approximate surface area is 137 Å². The van der Waals surface area contributed by atoms with Crippen molar-refractivity contribution in [2.75, 3.05) is 0 Å². The molecule has 5 heteroatoms. The summed E-state index contributed by atoms with van der Waals surface area (Å²) >= 11 is 0. The number of carboxylic acid groups (broad SMARTS) is 1. The number of hydrogen-bond acceptors (Lipinski definition) is 3. The molecule has 126 valence electrons. The average molecular weight is 319 g/mol. The van der Waals surface area contributed by atoms with Gasteiger partial charge in [0.15, 0.2) is 0 Å². The molecule has 0 spiro atoms. The number of alkyl carbamates (subject to hydrolysis) is 1. The summed E-state index contributed by atoms with van der Waals surface area (Å²) in [7, 11) is 0. The molecule has 0 aliphatic heterocycles. The fraction of sp³-hybridized carbons (Fsp3) is 0.556. The van der Waals surface area contributed by atoms with Crippen molar-refractivity contribution in [1.82, 2.24) is 5.32 Å². The number of carbonyl (C=O) groups excluding carboxylic acids is 1. The van der Waals surface area contributed by atoms with Crippen LogP contribution in [-0.4, -0.2) is 28.3 Å². The first-order valence-electron chi connectivity index (χ1n) is 7.78. The van der Waals surface area contributed by atoms with Gasteiger partial charge in [-0.25, -0.2) is 9.59 Å². The monoisotopic (exact) mass is 319 g/mol. The summed E-state index contributed by atoms with van der Waals surface area (Å²) in [5, 5.41) is 12.2. The van der Waals surface area contributed by atoms with Crippen LogP contribution in [-0.2, 0) is 9.53 Å². The molecule has 0 bridgehead atoms. The van der Waals surface area contributed by atoms with Crippen molar-refractivity contribution >= 4 is 12.1 Å². The van der Waals surface area contributed by atoms with E-state index >= 15 is 0 Å². The van der Waals surface area contributed by atoms with E-state index in [1.54, 1.807) is 20.8 Å². The van der Waals surface area contributed by atoms with Gasteiger partial charge >= 0.3 is 12.1 Å². The molecule has 1 aliphatic carbocycles. The van der Waals surface area contributed by atoms with E-state index in [2.05, 4.69) is 5.32 Å². The van der Waals surface area contributed by atoms with Gasteiger partial charge in [0.05, 0.1) is 0 Å². The van der Waals surface area contributed by atoms with Gasteiger partial charge in [0.25, 0.3) is 0 Å². The molecule has 0 aromatic heterocycles. The van der Waals surface area contributed by atoms with Crippen LogP contribution < -0.4 is 5.32 Å². The lowest BCUT2D eigenvalue weighted by Gasteiger charge is -2.23. The van der Waals surface area contributed by atoms with Crippen LogP contribution in [0.3, 0.4) is 0 Å². The van der Waals surface area contributed by atoms with Crippen LogP contribution in [0.1, 0.15) is 55.4 Å². The Morgan fingerprint density at radius 3 is 2.17 bits per heavy atom. The van der Waals surface area contributed by atoms with E-state index in [4.69, 9.17) is 4.74 Å². The molecule has 2 atom stereocenters. The summed E-state index contributed by atoms with van der Waals surface area (Å²) in [4.78, 5) is 23.8. The molecule has 1 saturated carbocycles. The van der Waals surface area contributed by atoms with E-state index in [9.17, 15) is 14.7 Å². The molecule has 23 heavy (non-hydrogen) atoms. The number of amides is 1. The van der Waals surface area contributed by atoms with Crippen molar-refractivity contribution < 1.29 is 19.4 Å². The molecule has 1 aromatic rings. The van der Waals surface area contributed by atoms with Gasteiger partial charge in [0, 0.05) is 5.92 Å². The zero-order valence-corrected chi connectivity index (χ0v) is 14.6. The first kappa shape index (κ1) is 17.3. The molecule has 1 aromatic carbocycles. The molecule has 0 heterocycles. The molecular weight excluding hydrogens is 294 g/mol. The van der Waals surface area contributed by atoms with E-state index in [1.165, 1.54) is 0 Å². The number of rotatable bonds is 3. The fourth-order valence-corrected chi connectivity index (χ4v) is 3.27. The second kappa shape index (κ2) is 5.55. The van der Waals surface area contributed by atoms with Crippen LogP contribution in [0.4, 0.5) is 4.79 Å². The van der Waals surface area contributed by atoms with Gasteiger partial charge < -0.3 is 15.2 Å². The molecule has 1 fully saturated rings. The Kier molecular flexibility index (Phi) is 4.18. The largest absolute Gasteiger partial charge is 0.479 e. The molecule has 1 amide bonds. The maximum Gasteiger partial charge on any atom is 0.408 e. The molecule has 1 aliphatic rings. The summed E-state index contributed by atoms with van der Waals surface area (Å²) in [6.45, 7) is 11.2. The van der Waals surface area contributed by atoms with E-state index < -0.39 is 23.2 Å². The highest BCUT2D eigenvalue weighted by Gasteiger charge is 2.63. The van der Waals surface area contributed by atoms with Crippen LogP contribution in [0.2, 0.25) is 0 Å². The smallest absolute Gasteiger partial charge is 0.408 e. The quantitative estimate of drug-likeness (QED) is 0.895. The fourth-order valence-electron chi connectivity index (χ4n) is 3.27. The lowest BCUT2D eigenvalue weighted by Crippen LogP contribution is -2.46. The first-order valence-corrected chi connectivity index (χ1v) is 7.78. The number of hydrogen-bond donors (Lipinski definition) is 2. The Morgan fingerprint density at radius 1 is 1.22 bits per heavy atom. The van der Waals surface area contributed by atoms with Crippen LogP contribution in [0.15, 0.2) is 12.1 Å². The number of carbonyl (C=O) groups is 2. The van der Waals surface area contributed by atoms with Crippen molar-refractivity contribution in [2.24, 2.45) is 0 Å². The van der Waals surface area contributed by atoms with Crippen LogP contribution >= 0.6 is 0 Å². The van der Waals surface area contributed by atoms with E-state index in [0.717, 1.165) is 22.3 Å². The molecule has 0 radical (unpaired) electrons. The van der Waals surface area contributed by atoms with Gasteiger partial charge in [-0.05, 0) is 64.7 Å². The molecular formula is C18H25NO4. The SMILES string of the molecule is Cc1cc(C)c(C2CC2(NC(=O)OC(C)(C)C)C(=O)O)c(C)c1. The highest BCUT2D eigenvalue weighted by molar-refractivity contribution is 5.90. The van der Waals surface area contributed by atoms with Crippen molar-refractivity contribution in [1.29, 1.82) is 0 Å². The summed E-state index contributed by atoms with van der Waals surface area (Å²) in [6.07, 6.45) is -0.309. The summed E-state index contributed by atoms with van der Waals surface area (Å²) in [6, 6.07) is 4.08. The van der Waals surface area contributed by atoms with Gasteiger partial charge in [0.2, 0.25) is 0 Å². The second-order valence-corrected chi connectivity index (χ2v) is 7.47. The van der Waals surface area contributed by atoms with Gasteiger partial charge in [-0.1, -0.05) is 17.7 Å². The first-order chi connectivity index (χ1) is 10.5. The van der Waals surface area contributed by atoms with Crippen molar-refractivity contribution in [3.8, 4) is 0 Å². The van der Waals surface area contributed by atoms with Crippen LogP contribution in [0.25, 0.3) is 0 Å². The lowest BCUT2D eigenvalue weighted by atomic mass is 9.94. The van der Waals surface area contributed by atoms with Crippen molar-refractivity contribution in [3.63, 3.8) is 0 Å². The minimum absolute atomic E-state index is 0.229. The summed E-state index contributed by atoms with van der Waals surface area (Å²) in [5.74, 6) is -1.25. The molecule has 2 rings (SSSR count). The highest BCUT2D eigenvalue weighted by atomic mass is 16.6. The summed E-state index contributed by atoms with van der Waals surface area (Å²) < 4.78 is 5.21. The minimum atomic E-state index is -1.27. The average Bonchev–Trinajstić information content (AvgIpc) is 3.00. The second-order valence-electron chi connectivity index (χ2n) is 7.47. The predicted octanol–water partition coefficient (Wildman–Crippen LogP) is 3.45. The van der Waals surface area contributed by atoms with Gasteiger partial charge in [0.1, 0.15) is 11.1 Å². The number of aryl methyl sites for hydroxylation is 3. The number of aliphatic carboxylic acids is 1. The lowest BCUT2D eigenvalue weighted by molar-refractivity contribution is -0.140.